The van der Waals surface area contributed by atoms with Gasteiger partial charge in [0, 0.05) is 0 Å². The molecule has 0 aromatic rings. The van der Waals surface area contributed by atoms with Crippen LogP contribution in [0.3, 0.4) is 0 Å². The Kier molecular flexibility index (Phi) is 27.1. The molecule has 0 aromatic heterocycles. The van der Waals surface area contributed by atoms with Gasteiger partial charge in [-0.3, -0.25) is 4.79 Å². The van der Waals surface area contributed by atoms with E-state index in [0.717, 1.165) is 37.5 Å². The van der Waals surface area contributed by atoms with Crippen LogP contribution in [0.1, 0.15) is 195 Å². The summed E-state index contributed by atoms with van der Waals surface area (Å²) in [6, 6.07) is 0. The number of carboxylic acid groups (broad SMARTS) is 1. The van der Waals surface area contributed by atoms with Crippen LogP contribution in [-0.2, 0) is 4.79 Å². The summed E-state index contributed by atoms with van der Waals surface area (Å²) in [5.74, 6) is 1.06. The van der Waals surface area contributed by atoms with Gasteiger partial charge in [-0.1, -0.05) is 182 Å². The fourth-order valence-corrected chi connectivity index (χ4v) is 5.46. The second-order valence-electron chi connectivity index (χ2n) is 12.8. The Labute approximate surface area is 228 Å². The van der Waals surface area contributed by atoms with Crippen molar-refractivity contribution < 1.29 is 9.90 Å². The highest BCUT2D eigenvalue weighted by Crippen LogP contribution is 2.20. The molecule has 36 heavy (non-hydrogen) atoms. The number of carboxylic acids is 1. The van der Waals surface area contributed by atoms with Crippen molar-refractivity contribution in [2.45, 2.75) is 195 Å². The Hall–Kier alpha value is -0.530. The highest BCUT2D eigenvalue weighted by molar-refractivity contribution is 5.69. The van der Waals surface area contributed by atoms with E-state index in [9.17, 15) is 9.90 Å². The van der Waals surface area contributed by atoms with Gasteiger partial charge in [0.2, 0.25) is 0 Å². The first kappa shape index (κ1) is 35.5. The third-order valence-electron chi connectivity index (χ3n) is 8.02. The molecule has 2 nitrogen and oxygen atoms in total. The maximum atomic E-state index is 11.6. The molecule has 0 amide bonds. The van der Waals surface area contributed by atoms with E-state index in [0.29, 0.717) is 0 Å². The highest BCUT2D eigenvalue weighted by atomic mass is 16.4. The van der Waals surface area contributed by atoms with Crippen molar-refractivity contribution in [1.82, 2.24) is 0 Å². The lowest BCUT2D eigenvalue weighted by Crippen LogP contribution is -2.13. The quantitative estimate of drug-likeness (QED) is 0.102. The summed E-state index contributed by atoms with van der Waals surface area (Å²) >= 11 is 0. The van der Waals surface area contributed by atoms with Crippen LogP contribution in [-0.4, -0.2) is 11.1 Å². The molecule has 1 N–H and O–H groups in total. The van der Waals surface area contributed by atoms with Gasteiger partial charge < -0.3 is 5.11 Å². The normalized spacial score (nSPS) is 12.6. The van der Waals surface area contributed by atoms with Crippen molar-refractivity contribution in [3.05, 3.63) is 0 Å². The Morgan fingerprint density at radius 1 is 0.389 bits per heavy atom. The fourth-order valence-electron chi connectivity index (χ4n) is 5.46. The zero-order valence-corrected chi connectivity index (χ0v) is 25.5. The Bertz CT molecular complexity index is 442. The summed E-state index contributed by atoms with van der Waals surface area (Å²) in [6.07, 6.45) is 34.1. The van der Waals surface area contributed by atoms with E-state index in [2.05, 4.69) is 27.7 Å². The summed E-state index contributed by atoms with van der Waals surface area (Å²) in [6.45, 7) is 9.29. The van der Waals surface area contributed by atoms with E-state index >= 15 is 0 Å². The molecule has 1 unspecified atom stereocenters. The van der Waals surface area contributed by atoms with Gasteiger partial charge in [-0.15, -0.1) is 0 Å². The molecule has 0 rings (SSSR count). The van der Waals surface area contributed by atoms with Gasteiger partial charge in [0.1, 0.15) is 0 Å². The number of rotatable bonds is 29. The molecule has 0 aliphatic rings. The lowest BCUT2D eigenvalue weighted by Gasteiger charge is -2.12. The van der Waals surface area contributed by atoms with Gasteiger partial charge in [-0.2, -0.15) is 0 Å². The summed E-state index contributed by atoms with van der Waals surface area (Å²) in [4.78, 5) is 11.6. The molecule has 0 bridgehead atoms. The molecule has 1 atom stereocenters. The molecule has 0 spiro atoms. The molecule has 0 aromatic carbocycles. The van der Waals surface area contributed by atoms with Crippen LogP contribution in [0.2, 0.25) is 0 Å². The first-order valence-corrected chi connectivity index (χ1v) is 16.7. The van der Waals surface area contributed by atoms with Gasteiger partial charge in [-0.05, 0) is 24.7 Å². The first-order valence-electron chi connectivity index (χ1n) is 16.7. The molecule has 216 valence electrons. The summed E-state index contributed by atoms with van der Waals surface area (Å²) in [5.41, 5.74) is 0. The van der Waals surface area contributed by atoms with E-state index in [1.54, 1.807) is 0 Å². The fraction of sp³-hybridized carbons (Fsp3) is 0.971. The average molecular weight is 509 g/mol. The van der Waals surface area contributed by atoms with Gasteiger partial charge in [-0.25, -0.2) is 0 Å². The van der Waals surface area contributed by atoms with Gasteiger partial charge in [0.25, 0.3) is 0 Å². The molecule has 2 heteroatoms. The molecule has 0 fully saturated rings. The highest BCUT2D eigenvalue weighted by Gasteiger charge is 2.16. The van der Waals surface area contributed by atoms with Crippen LogP contribution in [0.4, 0.5) is 0 Å². The predicted molar refractivity (Wildman–Crippen MR) is 161 cm³/mol. The second-order valence-corrected chi connectivity index (χ2v) is 12.8. The lowest BCUT2D eigenvalue weighted by atomic mass is 9.94. The van der Waals surface area contributed by atoms with Crippen LogP contribution in [0.15, 0.2) is 0 Å². The summed E-state index contributed by atoms with van der Waals surface area (Å²) in [7, 11) is 0. The van der Waals surface area contributed by atoms with E-state index in [1.807, 2.05) is 0 Å². The SMILES string of the molecule is CC(C)CCCCCCCCCCCCCCC(CCCCCCCCCCCCC(C)C)C(=O)O. The maximum absolute atomic E-state index is 11.6. The van der Waals surface area contributed by atoms with Gasteiger partial charge in [0.15, 0.2) is 0 Å². The van der Waals surface area contributed by atoms with Crippen molar-refractivity contribution in [3.63, 3.8) is 0 Å². The second kappa shape index (κ2) is 27.5. The number of unbranched alkanes of at least 4 members (excludes halogenated alkanes) is 20. The minimum absolute atomic E-state index is 0.101. The third kappa shape index (κ3) is 28.0. The van der Waals surface area contributed by atoms with Crippen molar-refractivity contribution in [3.8, 4) is 0 Å². The monoisotopic (exact) mass is 509 g/mol. The minimum Gasteiger partial charge on any atom is -0.481 e. The van der Waals surface area contributed by atoms with Crippen LogP contribution < -0.4 is 0 Å². The Morgan fingerprint density at radius 3 is 0.778 bits per heavy atom. The minimum atomic E-state index is -0.559. The molecule has 0 aliphatic heterocycles. The van der Waals surface area contributed by atoms with Crippen molar-refractivity contribution in [2.75, 3.05) is 0 Å². The summed E-state index contributed by atoms with van der Waals surface area (Å²) in [5, 5.41) is 9.58. The zero-order valence-electron chi connectivity index (χ0n) is 25.5. The molecular weight excluding hydrogens is 440 g/mol. The third-order valence-corrected chi connectivity index (χ3v) is 8.02. The standard InChI is InChI=1S/C34H68O2/c1-31(2)27-23-19-15-11-7-5-6-8-13-17-21-25-29-33(34(35)36)30-26-22-18-14-10-9-12-16-20-24-28-32(3)4/h31-33H,5-30H2,1-4H3,(H,35,36). The van der Waals surface area contributed by atoms with Crippen molar-refractivity contribution >= 4 is 5.97 Å². The van der Waals surface area contributed by atoms with Crippen LogP contribution in [0, 0.1) is 17.8 Å². The number of aliphatic carboxylic acids is 1. The molecule has 0 aliphatic carbocycles. The molecule has 0 radical (unpaired) electrons. The van der Waals surface area contributed by atoms with Gasteiger partial charge >= 0.3 is 5.97 Å². The number of hydrogen-bond donors (Lipinski definition) is 1. The number of hydrogen-bond acceptors (Lipinski definition) is 1. The van der Waals surface area contributed by atoms with Crippen LogP contribution >= 0.6 is 0 Å². The zero-order chi connectivity index (χ0) is 26.7. The Balaban J connectivity index is 3.42. The van der Waals surface area contributed by atoms with Crippen LogP contribution in [0.5, 0.6) is 0 Å². The molecule has 0 heterocycles. The van der Waals surface area contributed by atoms with Crippen molar-refractivity contribution in [2.24, 2.45) is 17.8 Å². The van der Waals surface area contributed by atoms with E-state index in [4.69, 9.17) is 0 Å². The smallest absolute Gasteiger partial charge is 0.306 e. The van der Waals surface area contributed by atoms with Crippen molar-refractivity contribution in [1.29, 1.82) is 0 Å². The van der Waals surface area contributed by atoms with Crippen LogP contribution in [0.25, 0.3) is 0 Å². The largest absolute Gasteiger partial charge is 0.481 e. The molecular formula is C34H68O2. The predicted octanol–water partition coefficient (Wildman–Crippen LogP) is 12.1. The van der Waals surface area contributed by atoms with Gasteiger partial charge in [0.05, 0.1) is 5.92 Å². The lowest BCUT2D eigenvalue weighted by molar-refractivity contribution is -0.142. The number of carbonyl (C=O) groups is 1. The average Bonchev–Trinajstić information content (AvgIpc) is 2.82. The van der Waals surface area contributed by atoms with E-state index in [-0.39, 0.29) is 5.92 Å². The Morgan fingerprint density at radius 2 is 0.583 bits per heavy atom. The summed E-state index contributed by atoms with van der Waals surface area (Å²) < 4.78 is 0. The first-order chi connectivity index (χ1) is 17.4. The van der Waals surface area contributed by atoms with E-state index < -0.39 is 5.97 Å². The maximum Gasteiger partial charge on any atom is 0.306 e. The molecule has 0 saturated carbocycles. The topological polar surface area (TPSA) is 37.3 Å². The molecule has 0 saturated heterocycles. The van der Waals surface area contributed by atoms with E-state index in [1.165, 1.54) is 141 Å².